The molecular formula is C21H25F2N7O2. The zero-order chi connectivity index (χ0) is 22.7. The Morgan fingerprint density at radius 1 is 1.34 bits per heavy atom. The van der Waals surface area contributed by atoms with E-state index in [4.69, 9.17) is 5.73 Å². The first-order valence-electron chi connectivity index (χ1n) is 10.6. The van der Waals surface area contributed by atoms with Gasteiger partial charge in [-0.15, -0.1) is 0 Å². The predicted molar refractivity (Wildman–Crippen MR) is 111 cm³/mol. The monoisotopic (exact) mass is 445 g/mol. The number of primary amides is 1. The van der Waals surface area contributed by atoms with Crippen LogP contribution in [0.15, 0.2) is 24.5 Å². The van der Waals surface area contributed by atoms with Crippen LogP contribution in [0.25, 0.3) is 0 Å². The number of carbonyl (C=O) groups is 1. The van der Waals surface area contributed by atoms with E-state index in [0.29, 0.717) is 11.7 Å². The van der Waals surface area contributed by atoms with E-state index in [9.17, 15) is 18.8 Å². The maximum atomic E-state index is 12.3. The number of rotatable bonds is 9. The lowest BCUT2D eigenvalue weighted by Crippen LogP contribution is -2.39. The summed E-state index contributed by atoms with van der Waals surface area (Å²) in [5.74, 6) is -0.154. The van der Waals surface area contributed by atoms with Crippen molar-refractivity contribution in [2.45, 2.75) is 50.8 Å². The van der Waals surface area contributed by atoms with E-state index in [2.05, 4.69) is 31.5 Å². The molecule has 0 bridgehead atoms. The van der Waals surface area contributed by atoms with E-state index in [1.807, 2.05) is 0 Å². The second-order valence-corrected chi connectivity index (χ2v) is 8.29. The first-order valence-corrected chi connectivity index (χ1v) is 10.6. The molecule has 4 rings (SSSR count). The highest BCUT2D eigenvalue weighted by molar-refractivity contribution is 5.98. The molecule has 32 heavy (non-hydrogen) atoms. The average molecular weight is 445 g/mol. The molecule has 2 aromatic rings. The summed E-state index contributed by atoms with van der Waals surface area (Å²) in [6, 6.07) is 5.28. The molecule has 0 spiro atoms. The van der Waals surface area contributed by atoms with E-state index >= 15 is 0 Å². The van der Waals surface area contributed by atoms with E-state index in [-0.39, 0.29) is 29.2 Å². The van der Waals surface area contributed by atoms with Crippen molar-refractivity contribution in [3.05, 3.63) is 30.1 Å². The Balaban J connectivity index is 1.47. The molecule has 11 heteroatoms. The summed E-state index contributed by atoms with van der Waals surface area (Å²) in [6.45, 7) is -1.96. The van der Waals surface area contributed by atoms with Crippen LogP contribution in [0.4, 0.5) is 20.3 Å². The summed E-state index contributed by atoms with van der Waals surface area (Å²) in [5.41, 5.74) is 6.12. The van der Waals surface area contributed by atoms with Gasteiger partial charge in [0.15, 0.2) is 5.82 Å². The fourth-order valence-corrected chi connectivity index (χ4v) is 4.04. The fraction of sp³-hybridized carbons (Fsp3) is 0.524. The van der Waals surface area contributed by atoms with Crippen LogP contribution in [0.1, 0.15) is 48.5 Å². The SMILES string of the molecule is N#CC1C[C@H](NCC2CC2)CC[C@@H]1n1cc(C(N)=O)c(Nc2ccc(OC(F)F)nc2)n1. The van der Waals surface area contributed by atoms with Crippen molar-refractivity contribution >= 4 is 17.4 Å². The number of carbonyl (C=O) groups excluding carboxylic acids is 1. The molecule has 1 amide bonds. The molecule has 4 N–H and O–H groups in total. The number of aromatic nitrogens is 3. The molecule has 0 aliphatic heterocycles. The number of amides is 1. The third-order valence-electron chi connectivity index (χ3n) is 5.92. The van der Waals surface area contributed by atoms with Gasteiger partial charge in [-0.2, -0.15) is 19.1 Å². The van der Waals surface area contributed by atoms with Gasteiger partial charge in [-0.1, -0.05) is 0 Å². The minimum atomic E-state index is -2.97. The number of nitrogens with two attached hydrogens (primary N) is 1. The van der Waals surface area contributed by atoms with Crippen LogP contribution in [-0.2, 0) is 0 Å². The lowest BCUT2D eigenvalue weighted by atomic mass is 9.82. The van der Waals surface area contributed by atoms with Gasteiger partial charge < -0.3 is 21.1 Å². The second kappa shape index (κ2) is 9.48. The maximum Gasteiger partial charge on any atom is 0.388 e. The predicted octanol–water partition coefficient (Wildman–Crippen LogP) is 2.95. The van der Waals surface area contributed by atoms with Gasteiger partial charge in [-0.3, -0.25) is 9.48 Å². The number of halogens is 2. The van der Waals surface area contributed by atoms with Crippen molar-refractivity contribution in [3.8, 4) is 11.9 Å². The number of ether oxygens (including phenoxy) is 1. The quantitative estimate of drug-likeness (QED) is 0.541. The van der Waals surface area contributed by atoms with Gasteiger partial charge in [-0.25, -0.2) is 4.98 Å². The van der Waals surface area contributed by atoms with Crippen LogP contribution < -0.4 is 21.1 Å². The molecule has 9 nitrogen and oxygen atoms in total. The lowest BCUT2D eigenvalue weighted by molar-refractivity contribution is -0.0528. The van der Waals surface area contributed by atoms with Crippen molar-refractivity contribution in [3.63, 3.8) is 0 Å². The number of nitrogens with zero attached hydrogens (tertiary/aromatic N) is 4. The zero-order valence-electron chi connectivity index (χ0n) is 17.4. The van der Waals surface area contributed by atoms with E-state index in [1.165, 1.54) is 31.2 Å². The smallest absolute Gasteiger partial charge is 0.388 e. The first-order chi connectivity index (χ1) is 15.4. The molecule has 2 aliphatic carbocycles. The second-order valence-electron chi connectivity index (χ2n) is 8.29. The Morgan fingerprint density at radius 2 is 2.16 bits per heavy atom. The van der Waals surface area contributed by atoms with Crippen molar-refractivity contribution in [2.24, 2.45) is 17.6 Å². The highest BCUT2D eigenvalue weighted by atomic mass is 19.3. The van der Waals surface area contributed by atoms with Gasteiger partial charge >= 0.3 is 6.61 Å². The van der Waals surface area contributed by atoms with Gasteiger partial charge in [0.2, 0.25) is 5.88 Å². The standard InChI is InChI=1S/C21H25F2N7O2/c22-21(23)32-18-6-4-15(10-27-18)28-20-16(19(25)31)11-30(29-20)17-5-3-14(7-13(17)8-24)26-9-12-1-2-12/h4,6,10-14,17,21,26H,1-3,5,7,9H2,(H2,25,31)(H,28,29)/t13?,14-,17+/m1/s1. The summed E-state index contributed by atoms with van der Waals surface area (Å²) in [7, 11) is 0. The third kappa shape index (κ3) is 5.31. The minimum absolute atomic E-state index is 0.170. The molecule has 0 radical (unpaired) electrons. The summed E-state index contributed by atoms with van der Waals surface area (Å²) >= 11 is 0. The molecule has 3 atom stereocenters. The molecule has 0 saturated heterocycles. The number of hydrogen-bond donors (Lipinski definition) is 3. The molecule has 2 aliphatic rings. The van der Waals surface area contributed by atoms with Gasteiger partial charge in [0.05, 0.1) is 29.9 Å². The summed E-state index contributed by atoms with van der Waals surface area (Å²) in [4.78, 5) is 15.8. The normalized spacial score (nSPS) is 23.0. The molecule has 1 unspecified atom stereocenters. The van der Waals surface area contributed by atoms with Gasteiger partial charge in [0, 0.05) is 18.3 Å². The van der Waals surface area contributed by atoms with E-state index in [0.717, 1.165) is 31.7 Å². The number of alkyl halides is 2. The summed E-state index contributed by atoms with van der Waals surface area (Å²) in [5, 5.41) is 20.7. The van der Waals surface area contributed by atoms with Gasteiger partial charge in [0.25, 0.3) is 5.91 Å². The topological polar surface area (TPSA) is 131 Å². The number of pyridine rings is 1. The Hall–Kier alpha value is -3.26. The van der Waals surface area contributed by atoms with Crippen molar-refractivity contribution in [2.75, 3.05) is 11.9 Å². The van der Waals surface area contributed by atoms with Crippen LogP contribution in [0, 0.1) is 23.2 Å². The molecule has 2 fully saturated rings. The van der Waals surface area contributed by atoms with Crippen LogP contribution in [-0.4, -0.2) is 39.9 Å². The molecule has 2 aromatic heterocycles. The first kappa shape index (κ1) is 22.0. The van der Waals surface area contributed by atoms with Crippen LogP contribution in [0.5, 0.6) is 5.88 Å². The van der Waals surface area contributed by atoms with Gasteiger partial charge in [0.1, 0.15) is 5.56 Å². The van der Waals surface area contributed by atoms with Crippen molar-refractivity contribution in [1.29, 1.82) is 5.26 Å². The third-order valence-corrected chi connectivity index (χ3v) is 5.92. The number of anilines is 2. The molecule has 170 valence electrons. The zero-order valence-corrected chi connectivity index (χ0v) is 17.4. The molecule has 0 aromatic carbocycles. The minimum Gasteiger partial charge on any atom is -0.417 e. The number of nitrogens with one attached hydrogen (secondary N) is 2. The fourth-order valence-electron chi connectivity index (χ4n) is 4.04. The van der Waals surface area contributed by atoms with Crippen LogP contribution >= 0.6 is 0 Å². The highest BCUT2D eigenvalue weighted by Crippen LogP contribution is 2.36. The number of hydrogen-bond acceptors (Lipinski definition) is 7. The largest absolute Gasteiger partial charge is 0.417 e. The maximum absolute atomic E-state index is 12.3. The van der Waals surface area contributed by atoms with Crippen molar-refractivity contribution in [1.82, 2.24) is 20.1 Å². The van der Waals surface area contributed by atoms with Crippen LogP contribution in [0.3, 0.4) is 0 Å². The summed E-state index contributed by atoms with van der Waals surface area (Å²) < 4.78 is 30.4. The Bertz CT molecular complexity index is 985. The number of nitriles is 1. The molecule has 2 heterocycles. The van der Waals surface area contributed by atoms with Crippen LogP contribution in [0.2, 0.25) is 0 Å². The Morgan fingerprint density at radius 3 is 2.78 bits per heavy atom. The Kier molecular flexibility index (Phi) is 6.50. The molecular weight excluding hydrogens is 420 g/mol. The Labute approximate surface area is 183 Å². The molecule has 2 saturated carbocycles. The lowest BCUT2D eigenvalue weighted by Gasteiger charge is -2.33. The van der Waals surface area contributed by atoms with E-state index < -0.39 is 12.5 Å². The summed E-state index contributed by atoms with van der Waals surface area (Å²) in [6.07, 6.45) is 7.79. The van der Waals surface area contributed by atoms with Crippen molar-refractivity contribution < 1.29 is 18.3 Å². The average Bonchev–Trinajstić information content (AvgIpc) is 3.51. The van der Waals surface area contributed by atoms with Gasteiger partial charge in [-0.05, 0) is 50.6 Å². The highest BCUT2D eigenvalue weighted by Gasteiger charge is 2.34. The van der Waals surface area contributed by atoms with E-state index in [1.54, 1.807) is 10.9 Å².